The molecule has 0 saturated carbocycles. The summed E-state index contributed by atoms with van der Waals surface area (Å²) in [6.07, 6.45) is 1.67. The van der Waals surface area contributed by atoms with Gasteiger partial charge in [0.05, 0.1) is 38.5 Å². The van der Waals surface area contributed by atoms with Crippen molar-refractivity contribution >= 4 is 63.9 Å². The third-order valence-electron chi connectivity index (χ3n) is 6.66. The van der Waals surface area contributed by atoms with Gasteiger partial charge in [-0.3, -0.25) is 9.36 Å². The van der Waals surface area contributed by atoms with Gasteiger partial charge in [-0.05, 0) is 55.0 Å². The van der Waals surface area contributed by atoms with E-state index in [1.165, 1.54) is 15.9 Å². The molecule has 3 aromatic carbocycles. The van der Waals surface area contributed by atoms with E-state index in [0.29, 0.717) is 47.2 Å². The predicted octanol–water partition coefficient (Wildman–Crippen LogP) is 7.16. The number of hydrogen-bond donors (Lipinski definition) is 0. The summed E-state index contributed by atoms with van der Waals surface area (Å²) in [4.78, 5) is 32.8. The van der Waals surface area contributed by atoms with Crippen LogP contribution >= 0.6 is 46.1 Å². The lowest BCUT2D eigenvalue weighted by molar-refractivity contribution is -0.138. The van der Waals surface area contributed by atoms with E-state index >= 15 is 0 Å². The van der Waals surface area contributed by atoms with Crippen LogP contribution in [0.4, 0.5) is 0 Å². The number of carbonyl (C=O) groups is 1. The van der Waals surface area contributed by atoms with Crippen molar-refractivity contribution in [3.63, 3.8) is 0 Å². The summed E-state index contributed by atoms with van der Waals surface area (Å²) in [6, 6.07) is 24.4. The second-order valence-electron chi connectivity index (χ2n) is 9.31. The van der Waals surface area contributed by atoms with E-state index in [4.69, 9.17) is 48.9 Å². The fraction of sp³-hybridized carbons (Fsp3) is 0.0938. The van der Waals surface area contributed by atoms with Crippen LogP contribution in [0.3, 0.4) is 0 Å². The Morgan fingerprint density at radius 2 is 1.74 bits per heavy atom. The van der Waals surface area contributed by atoms with Gasteiger partial charge in [-0.25, -0.2) is 9.79 Å². The van der Waals surface area contributed by atoms with Gasteiger partial charge in [-0.2, -0.15) is 0 Å². The van der Waals surface area contributed by atoms with E-state index in [9.17, 15) is 9.59 Å². The lowest BCUT2D eigenvalue weighted by atomic mass is 9.93. The fourth-order valence-electron chi connectivity index (χ4n) is 4.77. The smallest absolute Gasteiger partial charge is 0.338 e. The molecule has 0 unspecified atom stereocenters. The number of rotatable bonds is 6. The van der Waals surface area contributed by atoms with E-state index in [1.54, 1.807) is 67.6 Å². The van der Waals surface area contributed by atoms with Gasteiger partial charge in [0, 0.05) is 22.2 Å². The molecule has 0 saturated heterocycles. The van der Waals surface area contributed by atoms with Crippen molar-refractivity contribution in [3.8, 4) is 11.3 Å². The van der Waals surface area contributed by atoms with Crippen LogP contribution in [0, 0.1) is 0 Å². The van der Waals surface area contributed by atoms with Crippen LogP contribution in [0.5, 0.6) is 0 Å². The highest BCUT2D eigenvalue weighted by atomic mass is 35.5. The maximum atomic E-state index is 14.0. The average Bonchev–Trinajstić information content (AvgIpc) is 3.59. The number of benzene rings is 3. The molecular weight excluding hydrogens is 615 g/mol. The van der Waals surface area contributed by atoms with Crippen molar-refractivity contribution in [3.05, 3.63) is 142 Å². The third-order valence-corrected chi connectivity index (χ3v) is 8.64. The second kappa shape index (κ2) is 11.8. The number of esters is 1. The summed E-state index contributed by atoms with van der Waals surface area (Å²) in [6.45, 7) is 1.91. The Kier molecular flexibility index (Phi) is 7.92. The number of hydrogen-bond acceptors (Lipinski definition) is 6. The molecule has 1 atom stereocenters. The Labute approximate surface area is 259 Å². The van der Waals surface area contributed by atoms with E-state index in [1.807, 2.05) is 30.3 Å². The molecule has 0 spiro atoms. The van der Waals surface area contributed by atoms with Crippen molar-refractivity contribution < 1.29 is 13.9 Å². The lowest BCUT2D eigenvalue weighted by Gasteiger charge is -2.25. The molecule has 6 nitrogen and oxygen atoms in total. The molecule has 5 aromatic rings. The number of thiazole rings is 1. The fourth-order valence-corrected chi connectivity index (χ4v) is 6.17. The van der Waals surface area contributed by atoms with Crippen LogP contribution < -0.4 is 14.9 Å². The molecule has 0 amide bonds. The number of carbonyl (C=O) groups excluding carboxylic acids is 1. The molecule has 0 bridgehead atoms. The molecule has 0 aliphatic carbocycles. The number of ether oxygens (including phenoxy) is 1. The molecule has 42 heavy (non-hydrogen) atoms. The molecule has 0 N–H and O–H groups in total. The van der Waals surface area contributed by atoms with Gasteiger partial charge < -0.3 is 9.15 Å². The van der Waals surface area contributed by atoms with Crippen LogP contribution in [0.2, 0.25) is 15.1 Å². The molecule has 2 aromatic heterocycles. The minimum atomic E-state index is -0.793. The highest BCUT2D eigenvalue weighted by molar-refractivity contribution is 7.07. The number of aromatic nitrogens is 1. The highest BCUT2D eigenvalue weighted by Gasteiger charge is 2.35. The third kappa shape index (κ3) is 5.37. The van der Waals surface area contributed by atoms with Gasteiger partial charge >= 0.3 is 5.97 Å². The van der Waals surface area contributed by atoms with Crippen LogP contribution in [0.1, 0.15) is 29.9 Å². The van der Waals surface area contributed by atoms with E-state index in [0.717, 1.165) is 11.1 Å². The summed E-state index contributed by atoms with van der Waals surface area (Å²) in [5, 5.41) is 1.39. The molecule has 3 heterocycles. The van der Waals surface area contributed by atoms with E-state index in [2.05, 4.69) is 0 Å². The van der Waals surface area contributed by atoms with Crippen LogP contribution in [-0.2, 0) is 9.53 Å². The van der Waals surface area contributed by atoms with Crippen LogP contribution in [0.15, 0.2) is 105 Å². The Bertz CT molecular complexity index is 2030. The van der Waals surface area contributed by atoms with Gasteiger partial charge in [0.15, 0.2) is 4.80 Å². The molecule has 1 aliphatic heterocycles. The first-order valence-corrected chi connectivity index (χ1v) is 14.9. The number of nitrogens with zero attached hydrogens (tertiary/aromatic N) is 2. The Morgan fingerprint density at radius 1 is 0.976 bits per heavy atom. The van der Waals surface area contributed by atoms with Gasteiger partial charge in [0.1, 0.15) is 11.5 Å². The number of furan rings is 1. The maximum absolute atomic E-state index is 14.0. The van der Waals surface area contributed by atoms with Crippen molar-refractivity contribution in [2.24, 2.45) is 4.99 Å². The zero-order chi connectivity index (χ0) is 29.4. The number of halogens is 3. The van der Waals surface area contributed by atoms with Crippen molar-refractivity contribution in [1.29, 1.82) is 0 Å². The van der Waals surface area contributed by atoms with Crippen LogP contribution in [0.25, 0.3) is 23.1 Å². The van der Waals surface area contributed by atoms with Gasteiger partial charge in [0.25, 0.3) is 5.56 Å². The Hall–Kier alpha value is -3.88. The highest BCUT2D eigenvalue weighted by Crippen LogP contribution is 2.35. The largest absolute Gasteiger partial charge is 0.463 e. The summed E-state index contributed by atoms with van der Waals surface area (Å²) >= 11 is 19.6. The van der Waals surface area contributed by atoms with E-state index < -0.39 is 12.0 Å². The first-order valence-electron chi connectivity index (χ1n) is 12.9. The van der Waals surface area contributed by atoms with Gasteiger partial charge in [-0.15, -0.1) is 0 Å². The zero-order valence-electron chi connectivity index (χ0n) is 22.0. The van der Waals surface area contributed by atoms with Gasteiger partial charge in [0.2, 0.25) is 0 Å². The summed E-state index contributed by atoms with van der Waals surface area (Å²) in [5.41, 5.74) is 2.57. The monoisotopic (exact) mass is 634 g/mol. The SMILES string of the molecule is CCOC(=O)C1=C(c2ccccc2)N=c2s/c(=C\c3ccc(-c4ccc(Cl)c(Cl)c4)o3)c(=O)n2[C@H]1c1ccc(Cl)cc1. The molecule has 0 radical (unpaired) electrons. The van der Waals surface area contributed by atoms with E-state index in [-0.39, 0.29) is 17.7 Å². The first kappa shape index (κ1) is 28.2. The minimum Gasteiger partial charge on any atom is -0.463 e. The Morgan fingerprint density at radius 3 is 2.45 bits per heavy atom. The normalized spacial score (nSPS) is 15.0. The molecule has 1 aliphatic rings. The van der Waals surface area contributed by atoms with Crippen molar-refractivity contribution in [1.82, 2.24) is 4.57 Å². The molecule has 10 heteroatoms. The average molecular weight is 636 g/mol. The minimum absolute atomic E-state index is 0.168. The molecule has 0 fully saturated rings. The second-order valence-corrected chi connectivity index (χ2v) is 11.6. The molecule has 6 rings (SSSR count). The maximum Gasteiger partial charge on any atom is 0.338 e. The topological polar surface area (TPSA) is 73.8 Å². The Balaban J connectivity index is 1.55. The quantitative estimate of drug-likeness (QED) is 0.186. The molecular formula is C32H21Cl3N2O4S. The van der Waals surface area contributed by atoms with Crippen molar-refractivity contribution in [2.75, 3.05) is 6.61 Å². The standard InChI is InChI=1S/C32H21Cl3N2O4S/c1-2-40-31(39)27-28(18-6-4-3-5-7-18)36-32-37(29(27)19-8-11-21(33)12-9-19)30(38)26(42-32)17-22-13-15-25(41-22)20-10-14-23(34)24(35)16-20/h3-17,29H,2H2,1H3/b26-17-/t29-/m0/s1. The van der Waals surface area contributed by atoms with Crippen LogP contribution in [-0.4, -0.2) is 17.1 Å². The van der Waals surface area contributed by atoms with Gasteiger partial charge in [-0.1, -0.05) is 88.6 Å². The zero-order valence-corrected chi connectivity index (χ0v) is 25.1. The van der Waals surface area contributed by atoms with Crippen molar-refractivity contribution in [2.45, 2.75) is 13.0 Å². The summed E-state index contributed by atoms with van der Waals surface area (Å²) in [5.74, 6) is 0.492. The number of fused-ring (bicyclic) bond motifs is 1. The lowest BCUT2D eigenvalue weighted by Crippen LogP contribution is -2.39. The first-order chi connectivity index (χ1) is 20.3. The summed E-state index contributed by atoms with van der Waals surface area (Å²) in [7, 11) is 0. The predicted molar refractivity (Wildman–Crippen MR) is 167 cm³/mol. The molecule has 210 valence electrons. The summed E-state index contributed by atoms with van der Waals surface area (Å²) < 4.78 is 13.4.